The van der Waals surface area contributed by atoms with E-state index in [1.807, 2.05) is 36.9 Å². The van der Waals surface area contributed by atoms with Crippen molar-refractivity contribution < 1.29 is 9.59 Å². The smallest absolute Gasteiger partial charge is 0.317 e. The normalized spacial score (nSPS) is 15.0. The van der Waals surface area contributed by atoms with Crippen LogP contribution in [0.4, 0.5) is 4.79 Å². The van der Waals surface area contributed by atoms with Crippen molar-refractivity contribution in [3.05, 3.63) is 34.9 Å². The summed E-state index contributed by atoms with van der Waals surface area (Å²) in [4.78, 5) is 27.8. The topological polar surface area (TPSA) is 52.7 Å². The summed E-state index contributed by atoms with van der Waals surface area (Å²) in [5, 5.41) is 3.56. The lowest BCUT2D eigenvalue weighted by molar-refractivity contribution is -0.133. The summed E-state index contributed by atoms with van der Waals surface area (Å²) in [5.41, 5.74) is 0.969. The van der Waals surface area contributed by atoms with Gasteiger partial charge in [0, 0.05) is 44.2 Å². The van der Waals surface area contributed by atoms with Crippen LogP contribution in [0.5, 0.6) is 0 Å². The molecule has 2 rings (SSSR count). The molecule has 0 saturated carbocycles. The van der Waals surface area contributed by atoms with Gasteiger partial charge in [0.05, 0.1) is 0 Å². The molecule has 3 amide bonds. The third-order valence-corrected chi connectivity index (χ3v) is 4.07. The zero-order valence-corrected chi connectivity index (χ0v) is 14.5. The van der Waals surface area contributed by atoms with E-state index in [0.29, 0.717) is 50.1 Å². The van der Waals surface area contributed by atoms with E-state index in [4.69, 9.17) is 11.6 Å². The summed E-state index contributed by atoms with van der Waals surface area (Å²) in [6, 6.07) is 7.34. The lowest BCUT2D eigenvalue weighted by atomic mass is 10.1. The predicted molar refractivity (Wildman–Crippen MR) is 91.3 cm³/mol. The molecule has 23 heavy (non-hydrogen) atoms. The Balaban J connectivity index is 1.76. The molecule has 6 heteroatoms. The van der Waals surface area contributed by atoms with Crippen LogP contribution in [0.15, 0.2) is 24.3 Å². The number of rotatable bonds is 4. The number of nitrogens with one attached hydrogen (secondary N) is 1. The summed E-state index contributed by atoms with van der Waals surface area (Å²) in [7, 11) is 0. The molecule has 1 saturated heterocycles. The van der Waals surface area contributed by atoms with E-state index in [9.17, 15) is 9.59 Å². The Morgan fingerprint density at radius 3 is 2.43 bits per heavy atom. The van der Waals surface area contributed by atoms with Crippen LogP contribution < -0.4 is 5.32 Å². The van der Waals surface area contributed by atoms with Crippen molar-refractivity contribution in [3.63, 3.8) is 0 Å². The fraction of sp³-hybridized carbons (Fsp3) is 0.529. The van der Waals surface area contributed by atoms with Crippen molar-refractivity contribution in [1.29, 1.82) is 0 Å². The van der Waals surface area contributed by atoms with Gasteiger partial charge < -0.3 is 15.1 Å². The highest BCUT2D eigenvalue weighted by Gasteiger charge is 2.24. The van der Waals surface area contributed by atoms with E-state index < -0.39 is 0 Å². The number of carbonyl (C=O) groups is 2. The van der Waals surface area contributed by atoms with Crippen LogP contribution in [-0.4, -0.2) is 47.9 Å². The molecule has 1 fully saturated rings. The third kappa shape index (κ3) is 5.43. The highest BCUT2D eigenvalue weighted by Crippen LogP contribution is 2.11. The zero-order chi connectivity index (χ0) is 16.8. The van der Waals surface area contributed by atoms with E-state index in [2.05, 4.69) is 5.32 Å². The first kappa shape index (κ1) is 17.6. The number of hydrogen-bond donors (Lipinski definition) is 1. The largest absolute Gasteiger partial charge is 0.339 e. The van der Waals surface area contributed by atoms with Crippen LogP contribution in [0, 0.1) is 5.92 Å². The number of piperazine rings is 1. The van der Waals surface area contributed by atoms with Gasteiger partial charge in [-0.15, -0.1) is 0 Å². The molecule has 5 nitrogen and oxygen atoms in total. The van der Waals surface area contributed by atoms with Gasteiger partial charge in [-0.05, 0) is 23.6 Å². The second-order valence-corrected chi connectivity index (χ2v) is 6.69. The Kier molecular flexibility index (Phi) is 6.28. The predicted octanol–water partition coefficient (Wildman–Crippen LogP) is 2.74. The van der Waals surface area contributed by atoms with Gasteiger partial charge in [0.2, 0.25) is 5.91 Å². The number of amides is 3. The Bertz CT molecular complexity index is 555. The molecule has 0 spiro atoms. The minimum atomic E-state index is -0.0964. The van der Waals surface area contributed by atoms with Crippen molar-refractivity contribution in [2.45, 2.75) is 26.8 Å². The number of benzene rings is 1. The summed E-state index contributed by atoms with van der Waals surface area (Å²) in [6.07, 6.45) is 0.570. The molecule has 1 aliphatic heterocycles. The fourth-order valence-electron chi connectivity index (χ4n) is 2.57. The third-order valence-electron chi connectivity index (χ3n) is 3.84. The zero-order valence-electron chi connectivity index (χ0n) is 13.7. The van der Waals surface area contributed by atoms with E-state index >= 15 is 0 Å². The molecule has 1 aromatic rings. The number of nitrogens with zero attached hydrogens (tertiary/aromatic N) is 2. The first-order valence-electron chi connectivity index (χ1n) is 8.00. The first-order valence-corrected chi connectivity index (χ1v) is 8.38. The monoisotopic (exact) mass is 337 g/mol. The highest BCUT2D eigenvalue weighted by molar-refractivity contribution is 6.30. The molecular formula is C17H24ClN3O2. The van der Waals surface area contributed by atoms with E-state index in [-0.39, 0.29) is 11.9 Å². The molecule has 1 aliphatic rings. The lowest BCUT2D eigenvalue weighted by Gasteiger charge is -2.35. The molecule has 1 heterocycles. The van der Waals surface area contributed by atoms with Gasteiger partial charge in [0.15, 0.2) is 0 Å². The van der Waals surface area contributed by atoms with Crippen molar-refractivity contribution in [1.82, 2.24) is 15.1 Å². The quantitative estimate of drug-likeness (QED) is 0.918. The highest BCUT2D eigenvalue weighted by atomic mass is 35.5. The van der Waals surface area contributed by atoms with E-state index in [1.165, 1.54) is 0 Å². The Labute approximate surface area is 142 Å². The molecular weight excluding hydrogens is 314 g/mol. The number of halogens is 1. The average Bonchev–Trinajstić information content (AvgIpc) is 2.52. The van der Waals surface area contributed by atoms with Gasteiger partial charge in [0.25, 0.3) is 0 Å². The van der Waals surface area contributed by atoms with Gasteiger partial charge in [-0.1, -0.05) is 37.6 Å². The van der Waals surface area contributed by atoms with Crippen LogP contribution in [-0.2, 0) is 11.3 Å². The molecule has 0 radical (unpaired) electrons. The second-order valence-electron chi connectivity index (χ2n) is 6.25. The Morgan fingerprint density at radius 2 is 1.83 bits per heavy atom. The van der Waals surface area contributed by atoms with Gasteiger partial charge in [-0.3, -0.25) is 4.79 Å². The van der Waals surface area contributed by atoms with Crippen LogP contribution in [0.1, 0.15) is 25.8 Å². The Morgan fingerprint density at radius 1 is 1.17 bits per heavy atom. The summed E-state index contributed by atoms with van der Waals surface area (Å²) in [6.45, 7) is 6.89. The van der Waals surface area contributed by atoms with Gasteiger partial charge in [0.1, 0.15) is 0 Å². The molecule has 126 valence electrons. The van der Waals surface area contributed by atoms with Crippen molar-refractivity contribution in [3.8, 4) is 0 Å². The van der Waals surface area contributed by atoms with Crippen LogP contribution >= 0.6 is 11.6 Å². The first-order chi connectivity index (χ1) is 11.0. The summed E-state index contributed by atoms with van der Waals surface area (Å²) >= 11 is 5.93. The molecule has 0 aromatic heterocycles. The van der Waals surface area contributed by atoms with Gasteiger partial charge in [-0.25, -0.2) is 4.79 Å². The number of hydrogen-bond acceptors (Lipinski definition) is 2. The van der Waals surface area contributed by atoms with Gasteiger partial charge >= 0.3 is 6.03 Å². The summed E-state index contributed by atoms with van der Waals surface area (Å²) in [5.74, 6) is 0.542. The lowest BCUT2D eigenvalue weighted by Crippen LogP contribution is -2.53. The van der Waals surface area contributed by atoms with E-state index in [0.717, 1.165) is 5.56 Å². The van der Waals surface area contributed by atoms with Crippen molar-refractivity contribution >= 4 is 23.5 Å². The van der Waals surface area contributed by atoms with Crippen molar-refractivity contribution in [2.24, 2.45) is 5.92 Å². The van der Waals surface area contributed by atoms with Gasteiger partial charge in [-0.2, -0.15) is 0 Å². The Hall–Kier alpha value is -1.75. The van der Waals surface area contributed by atoms with Crippen LogP contribution in [0.2, 0.25) is 5.02 Å². The number of urea groups is 1. The molecule has 0 bridgehead atoms. The SMILES string of the molecule is CC(C)CC(=O)N1CCN(C(=O)NCc2cccc(Cl)c2)CC1. The average molecular weight is 338 g/mol. The maximum Gasteiger partial charge on any atom is 0.317 e. The van der Waals surface area contributed by atoms with E-state index in [1.54, 1.807) is 11.0 Å². The standard InChI is InChI=1S/C17H24ClN3O2/c1-13(2)10-16(22)20-6-8-21(9-7-20)17(23)19-12-14-4-3-5-15(18)11-14/h3-5,11,13H,6-10,12H2,1-2H3,(H,19,23). The molecule has 0 aliphatic carbocycles. The minimum Gasteiger partial charge on any atom is -0.339 e. The summed E-state index contributed by atoms with van der Waals surface area (Å²) < 4.78 is 0. The van der Waals surface area contributed by atoms with Crippen LogP contribution in [0.3, 0.4) is 0 Å². The second kappa shape index (κ2) is 8.20. The molecule has 0 atom stereocenters. The van der Waals surface area contributed by atoms with Crippen molar-refractivity contribution in [2.75, 3.05) is 26.2 Å². The van der Waals surface area contributed by atoms with Crippen LogP contribution in [0.25, 0.3) is 0 Å². The molecule has 1 aromatic carbocycles. The maximum absolute atomic E-state index is 12.2. The maximum atomic E-state index is 12.2. The number of carbonyl (C=O) groups excluding carboxylic acids is 2. The molecule has 0 unspecified atom stereocenters. The minimum absolute atomic E-state index is 0.0964. The fourth-order valence-corrected chi connectivity index (χ4v) is 2.79. The molecule has 1 N–H and O–H groups in total.